The molecule has 1 heterocycles. The number of nitrogens with one attached hydrogen (secondary N) is 1. The van der Waals surface area contributed by atoms with Gasteiger partial charge in [-0.15, -0.1) is 0 Å². The van der Waals surface area contributed by atoms with Crippen molar-refractivity contribution in [3.8, 4) is 0 Å². The van der Waals surface area contributed by atoms with Crippen molar-refractivity contribution in [3.05, 3.63) is 35.4 Å². The van der Waals surface area contributed by atoms with E-state index in [9.17, 15) is 4.79 Å². The largest absolute Gasteiger partial charge is 0.352 e. The van der Waals surface area contributed by atoms with Gasteiger partial charge in [-0.2, -0.15) is 0 Å². The van der Waals surface area contributed by atoms with E-state index in [4.69, 9.17) is 0 Å². The fourth-order valence-electron chi connectivity index (χ4n) is 1.86. The maximum atomic E-state index is 11.6. The number of hydrogen-bond acceptors (Lipinski definition) is 2. The van der Waals surface area contributed by atoms with Crippen LogP contribution in [0.5, 0.6) is 0 Å². The maximum Gasteiger partial charge on any atom is 0.221 e. The average Bonchev–Trinajstić information content (AvgIpc) is 2.26. The van der Waals surface area contributed by atoms with Gasteiger partial charge in [0.1, 0.15) is 0 Å². The molecule has 0 bridgehead atoms. The van der Waals surface area contributed by atoms with Crippen LogP contribution in [0.2, 0.25) is 0 Å². The molecule has 3 heteroatoms. The second kappa shape index (κ2) is 5.82. The summed E-state index contributed by atoms with van der Waals surface area (Å²) in [5, 5.41) is 2.96. The summed E-state index contributed by atoms with van der Waals surface area (Å²) in [6, 6.07) is 8.26. The van der Waals surface area contributed by atoms with E-state index in [1.807, 2.05) is 0 Å². The van der Waals surface area contributed by atoms with Gasteiger partial charge in [-0.25, -0.2) is 0 Å². The highest BCUT2D eigenvalue weighted by Crippen LogP contribution is 2.06. The van der Waals surface area contributed by atoms with E-state index in [0.717, 1.165) is 25.2 Å². The summed E-state index contributed by atoms with van der Waals surface area (Å²) in [6.45, 7) is 5.92. The molecule has 17 heavy (non-hydrogen) atoms. The number of aryl methyl sites for hydroxylation is 1. The highest BCUT2D eigenvalue weighted by molar-refractivity contribution is 5.76. The monoisotopic (exact) mass is 232 g/mol. The zero-order valence-corrected chi connectivity index (χ0v) is 10.4. The molecule has 0 aliphatic carbocycles. The lowest BCUT2D eigenvalue weighted by Crippen LogP contribution is -2.39. The van der Waals surface area contributed by atoms with Crippen molar-refractivity contribution < 1.29 is 4.79 Å². The van der Waals surface area contributed by atoms with Crippen LogP contribution in [0.15, 0.2) is 24.3 Å². The number of hydrogen-bond donors (Lipinski definition) is 1. The third-order valence-electron chi connectivity index (χ3n) is 3.21. The van der Waals surface area contributed by atoms with Crippen molar-refractivity contribution in [2.75, 3.05) is 19.6 Å². The molecule has 1 aromatic rings. The van der Waals surface area contributed by atoms with E-state index in [-0.39, 0.29) is 5.91 Å². The number of amides is 1. The fourth-order valence-corrected chi connectivity index (χ4v) is 1.86. The Hall–Kier alpha value is -1.35. The van der Waals surface area contributed by atoms with Gasteiger partial charge in [0.15, 0.2) is 0 Å². The van der Waals surface area contributed by atoms with E-state index >= 15 is 0 Å². The van der Waals surface area contributed by atoms with Crippen LogP contribution in [0.4, 0.5) is 0 Å². The predicted octanol–water partition coefficient (Wildman–Crippen LogP) is 1.71. The molecule has 1 amide bonds. The van der Waals surface area contributed by atoms with Crippen molar-refractivity contribution in [1.29, 1.82) is 0 Å². The Balaban J connectivity index is 1.66. The molecule has 92 valence electrons. The third-order valence-corrected chi connectivity index (χ3v) is 3.21. The average molecular weight is 232 g/mol. The van der Waals surface area contributed by atoms with Gasteiger partial charge < -0.3 is 10.2 Å². The molecule has 0 saturated carbocycles. The molecule has 1 aromatic carbocycles. The summed E-state index contributed by atoms with van der Waals surface area (Å²) in [7, 11) is 0. The first-order valence-electron chi connectivity index (χ1n) is 6.28. The Morgan fingerprint density at radius 3 is 2.59 bits per heavy atom. The molecular formula is C14H20N2O. The predicted molar refractivity (Wildman–Crippen MR) is 68.7 cm³/mol. The number of rotatable bonds is 5. The Bertz CT molecular complexity index is 368. The zero-order chi connectivity index (χ0) is 12.1. The number of likely N-dealkylation sites (tertiary alicyclic amines) is 1. The van der Waals surface area contributed by atoms with Gasteiger partial charge in [-0.3, -0.25) is 4.79 Å². The van der Waals surface area contributed by atoms with E-state index in [2.05, 4.69) is 41.4 Å². The van der Waals surface area contributed by atoms with Crippen LogP contribution in [0.25, 0.3) is 0 Å². The first-order valence-corrected chi connectivity index (χ1v) is 6.28. The molecule has 1 N–H and O–H groups in total. The van der Waals surface area contributed by atoms with Crippen molar-refractivity contribution >= 4 is 5.91 Å². The smallest absolute Gasteiger partial charge is 0.221 e. The topological polar surface area (TPSA) is 32.3 Å². The van der Waals surface area contributed by atoms with Crippen molar-refractivity contribution in [2.24, 2.45) is 0 Å². The molecule has 0 unspecified atom stereocenters. The van der Waals surface area contributed by atoms with Gasteiger partial charge in [0, 0.05) is 19.5 Å². The minimum absolute atomic E-state index is 0.150. The van der Waals surface area contributed by atoms with Gasteiger partial charge in [0.2, 0.25) is 5.91 Å². The molecule has 1 saturated heterocycles. The van der Waals surface area contributed by atoms with Crippen LogP contribution in [-0.4, -0.2) is 30.4 Å². The maximum absolute atomic E-state index is 11.6. The van der Waals surface area contributed by atoms with Crippen molar-refractivity contribution in [3.63, 3.8) is 0 Å². The fraction of sp³-hybridized carbons (Fsp3) is 0.500. The summed E-state index contributed by atoms with van der Waals surface area (Å²) in [5.74, 6) is 0.150. The van der Waals surface area contributed by atoms with Gasteiger partial charge in [0.25, 0.3) is 0 Å². The van der Waals surface area contributed by atoms with E-state index in [0.29, 0.717) is 13.0 Å². The molecule has 3 nitrogen and oxygen atoms in total. The Kier molecular flexibility index (Phi) is 4.15. The van der Waals surface area contributed by atoms with Gasteiger partial charge in [-0.1, -0.05) is 29.8 Å². The SMILES string of the molecule is Cc1ccc(CNC(=O)CCN2CCC2)cc1. The second-order valence-electron chi connectivity index (χ2n) is 4.71. The van der Waals surface area contributed by atoms with Gasteiger partial charge in [-0.05, 0) is 32.0 Å². The van der Waals surface area contributed by atoms with E-state index < -0.39 is 0 Å². The summed E-state index contributed by atoms with van der Waals surface area (Å²) in [5.41, 5.74) is 2.41. The lowest BCUT2D eigenvalue weighted by atomic mass is 10.1. The first-order chi connectivity index (χ1) is 8.24. The van der Waals surface area contributed by atoms with Crippen LogP contribution < -0.4 is 5.32 Å². The molecule has 1 fully saturated rings. The van der Waals surface area contributed by atoms with Crippen molar-refractivity contribution in [2.45, 2.75) is 26.3 Å². The standard InChI is InChI=1S/C14H20N2O/c1-12-3-5-13(6-4-12)11-15-14(17)7-10-16-8-2-9-16/h3-6H,2,7-11H2,1H3,(H,15,17). The Morgan fingerprint density at radius 1 is 1.29 bits per heavy atom. The van der Waals surface area contributed by atoms with Crippen LogP contribution in [0.3, 0.4) is 0 Å². The molecular weight excluding hydrogens is 212 g/mol. The molecule has 0 radical (unpaired) electrons. The lowest BCUT2D eigenvalue weighted by Gasteiger charge is -2.30. The highest BCUT2D eigenvalue weighted by atomic mass is 16.1. The van der Waals surface area contributed by atoms with Gasteiger partial charge >= 0.3 is 0 Å². The summed E-state index contributed by atoms with van der Waals surface area (Å²) in [6.07, 6.45) is 1.90. The zero-order valence-electron chi connectivity index (χ0n) is 10.4. The second-order valence-corrected chi connectivity index (χ2v) is 4.71. The Morgan fingerprint density at radius 2 is 2.00 bits per heavy atom. The molecule has 0 spiro atoms. The number of benzene rings is 1. The van der Waals surface area contributed by atoms with Gasteiger partial charge in [0.05, 0.1) is 0 Å². The summed E-state index contributed by atoms with van der Waals surface area (Å²) in [4.78, 5) is 13.9. The lowest BCUT2D eigenvalue weighted by molar-refractivity contribution is -0.121. The number of carbonyl (C=O) groups is 1. The quantitative estimate of drug-likeness (QED) is 0.838. The summed E-state index contributed by atoms with van der Waals surface area (Å²) < 4.78 is 0. The van der Waals surface area contributed by atoms with Crippen molar-refractivity contribution in [1.82, 2.24) is 10.2 Å². The first kappa shape index (κ1) is 12.1. The Labute approximate surface area is 103 Å². The molecule has 1 aliphatic heterocycles. The minimum Gasteiger partial charge on any atom is -0.352 e. The minimum atomic E-state index is 0.150. The summed E-state index contributed by atoms with van der Waals surface area (Å²) >= 11 is 0. The molecule has 1 aliphatic rings. The van der Waals surface area contributed by atoms with E-state index in [1.54, 1.807) is 0 Å². The third kappa shape index (κ3) is 3.86. The molecule has 0 aromatic heterocycles. The van der Waals surface area contributed by atoms with Crippen LogP contribution >= 0.6 is 0 Å². The molecule has 0 atom stereocenters. The molecule has 2 rings (SSSR count). The van der Waals surface area contributed by atoms with Crippen LogP contribution in [-0.2, 0) is 11.3 Å². The highest BCUT2D eigenvalue weighted by Gasteiger charge is 2.14. The van der Waals surface area contributed by atoms with Crippen LogP contribution in [0, 0.1) is 6.92 Å². The number of nitrogens with zero attached hydrogens (tertiary/aromatic N) is 1. The van der Waals surface area contributed by atoms with Crippen LogP contribution in [0.1, 0.15) is 24.0 Å². The normalized spacial score (nSPS) is 15.4. The van der Waals surface area contributed by atoms with E-state index in [1.165, 1.54) is 12.0 Å². The number of carbonyl (C=O) groups excluding carboxylic acids is 1.